The van der Waals surface area contributed by atoms with E-state index in [2.05, 4.69) is 20.9 Å². The van der Waals surface area contributed by atoms with Crippen LogP contribution in [-0.4, -0.2) is 47.5 Å². The topological polar surface area (TPSA) is 131 Å². The highest BCUT2D eigenvalue weighted by Gasteiger charge is 2.24. The zero-order valence-electron chi connectivity index (χ0n) is 21.5. The Morgan fingerprint density at radius 1 is 1.03 bits per heavy atom. The largest absolute Gasteiger partial charge is 0.489 e. The molecule has 2 heterocycles. The van der Waals surface area contributed by atoms with E-state index in [9.17, 15) is 9.59 Å². The number of anilines is 1. The minimum atomic E-state index is -0.497. The quantitative estimate of drug-likeness (QED) is 0.146. The Morgan fingerprint density at radius 2 is 1.90 bits per heavy atom. The predicted octanol–water partition coefficient (Wildman–Crippen LogP) is 4.17. The molecule has 1 fully saturated rings. The van der Waals surface area contributed by atoms with Crippen molar-refractivity contribution < 1.29 is 14.3 Å². The first kappa shape index (κ1) is 26.6. The maximum atomic E-state index is 12.2. The van der Waals surface area contributed by atoms with Gasteiger partial charge in [0.25, 0.3) is 0 Å². The number of nitrogens with one attached hydrogen (secondary N) is 3. The maximum absolute atomic E-state index is 12.2. The molecule has 1 aliphatic carbocycles. The molecule has 5 rings (SSSR count). The van der Waals surface area contributed by atoms with E-state index in [1.54, 1.807) is 24.5 Å². The molecular formula is C29H31ClN6O3. The van der Waals surface area contributed by atoms with Crippen molar-refractivity contribution in [3.63, 3.8) is 0 Å². The van der Waals surface area contributed by atoms with Crippen LogP contribution < -0.4 is 26.4 Å². The van der Waals surface area contributed by atoms with E-state index in [1.807, 2.05) is 30.3 Å². The van der Waals surface area contributed by atoms with Gasteiger partial charge < -0.3 is 26.4 Å². The van der Waals surface area contributed by atoms with Crippen LogP contribution in [0.25, 0.3) is 21.7 Å². The summed E-state index contributed by atoms with van der Waals surface area (Å²) in [6.07, 6.45) is 7.11. The number of pyridine rings is 2. The molecule has 5 N–H and O–H groups in total. The fraction of sp³-hybridized carbons (Fsp3) is 0.310. The highest BCUT2D eigenvalue weighted by atomic mass is 35.5. The number of carbonyl (C=O) groups is 2. The van der Waals surface area contributed by atoms with Gasteiger partial charge >= 0.3 is 0 Å². The van der Waals surface area contributed by atoms with Crippen molar-refractivity contribution >= 4 is 50.9 Å². The summed E-state index contributed by atoms with van der Waals surface area (Å²) in [4.78, 5) is 32.8. The molecule has 9 nitrogen and oxygen atoms in total. The molecule has 0 radical (unpaired) electrons. The molecule has 10 heteroatoms. The molecule has 0 unspecified atom stereocenters. The first-order chi connectivity index (χ1) is 19.0. The lowest BCUT2D eigenvalue weighted by atomic mass is 10.1. The predicted molar refractivity (Wildman–Crippen MR) is 153 cm³/mol. The van der Waals surface area contributed by atoms with Gasteiger partial charge in [0.05, 0.1) is 16.6 Å². The number of halogens is 1. The molecular weight excluding hydrogens is 516 g/mol. The number of rotatable bonds is 13. The summed E-state index contributed by atoms with van der Waals surface area (Å²) in [5, 5.41) is 13.0. The van der Waals surface area contributed by atoms with E-state index < -0.39 is 5.91 Å². The van der Waals surface area contributed by atoms with Crippen molar-refractivity contribution in [2.24, 2.45) is 5.73 Å². The Bertz CT molecular complexity index is 1510. The number of amides is 2. The van der Waals surface area contributed by atoms with Crippen LogP contribution in [-0.2, 0) is 11.3 Å². The molecule has 0 spiro atoms. The molecule has 0 saturated heterocycles. The standard InChI is InChI=1S/C29H31ClN6O3/c30-24-14-18(2-7-26(24)39-20-4-5-20)16-32-13-9-27(37)34-10-1-11-35-29-22-8-12-33-17-23(22)21-6-3-19(28(31)38)15-25(21)36-29/h2-3,6-8,12,14-15,17,20,32H,1,4-5,9-11,13,16H2,(H2,31,38)(H,34,37)(H,35,36). The smallest absolute Gasteiger partial charge is 0.248 e. The fourth-order valence-corrected chi connectivity index (χ4v) is 4.55. The van der Waals surface area contributed by atoms with Crippen LogP contribution in [0.4, 0.5) is 5.82 Å². The SMILES string of the molecule is NC(=O)c1ccc2c(c1)nc(NCCCNC(=O)CCNCc1ccc(OC3CC3)c(Cl)c1)c1ccncc12. The van der Waals surface area contributed by atoms with E-state index >= 15 is 0 Å². The molecule has 39 heavy (non-hydrogen) atoms. The Balaban J connectivity index is 1.05. The number of benzene rings is 2. The molecule has 4 aromatic rings. The highest BCUT2D eigenvalue weighted by Crippen LogP contribution is 2.32. The van der Waals surface area contributed by atoms with Crippen LogP contribution in [0.15, 0.2) is 54.9 Å². The summed E-state index contributed by atoms with van der Waals surface area (Å²) in [7, 11) is 0. The number of ether oxygens (including phenoxy) is 1. The summed E-state index contributed by atoms with van der Waals surface area (Å²) in [6, 6.07) is 12.9. The molecule has 2 aromatic heterocycles. The fourth-order valence-electron chi connectivity index (χ4n) is 4.30. The van der Waals surface area contributed by atoms with Crippen LogP contribution in [0.1, 0.15) is 41.6 Å². The molecule has 2 amide bonds. The Labute approximate surface area is 231 Å². The number of nitrogens with zero attached hydrogens (tertiary/aromatic N) is 2. The number of hydrogen-bond donors (Lipinski definition) is 4. The van der Waals surface area contributed by atoms with Crippen LogP contribution in [0.3, 0.4) is 0 Å². The van der Waals surface area contributed by atoms with Gasteiger partial charge in [0.2, 0.25) is 11.8 Å². The van der Waals surface area contributed by atoms with Gasteiger partial charge in [-0.25, -0.2) is 4.98 Å². The number of fused-ring (bicyclic) bond motifs is 3. The molecule has 0 aliphatic heterocycles. The monoisotopic (exact) mass is 546 g/mol. The van der Waals surface area contributed by atoms with Crippen LogP contribution in [0.5, 0.6) is 5.75 Å². The lowest BCUT2D eigenvalue weighted by Crippen LogP contribution is -2.29. The molecule has 2 aromatic carbocycles. The van der Waals surface area contributed by atoms with Gasteiger partial charge in [0, 0.05) is 66.7 Å². The molecule has 1 saturated carbocycles. The Kier molecular flexibility index (Phi) is 8.39. The van der Waals surface area contributed by atoms with Crippen LogP contribution >= 0.6 is 11.6 Å². The van der Waals surface area contributed by atoms with Crippen molar-refractivity contribution in [2.75, 3.05) is 25.0 Å². The third-order valence-corrected chi connectivity index (χ3v) is 6.82. The molecule has 1 aliphatic rings. The summed E-state index contributed by atoms with van der Waals surface area (Å²) >= 11 is 6.31. The second kappa shape index (κ2) is 12.3. The third kappa shape index (κ3) is 6.93. The summed E-state index contributed by atoms with van der Waals surface area (Å²) in [5.74, 6) is 0.927. The Hall–Kier alpha value is -3.95. The average molecular weight is 547 g/mol. The van der Waals surface area contributed by atoms with E-state index in [4.69, 9.17) is 27.1 Å². The van der Waals surface area contributed by atoms with Gasteiger partial charge in [-0.1, -0.05) is 23.7 Å². The minimum Gasteiger partial charge on any atom is -0.489 e. The maximum Gasteiger partial charge on any atom is 0.248 e. The lowest BCUT2D eigenvalue weighted by molar-refractivity contribution is -0.121. The number of hydrogen-bond acceptors (Lipinski definition) is 7. The van der Waals surface area contributed by atoms with E-state index in [1.165, 1.54) is 0 Å². The van der Waals surface area contributed by atoms with Crippen molar-refractivity contribution in [3.05, 3.63) is 71.0 Å². The number of nitrogens with two attached hydrogens (primary N) is 1. The molecule has 0 bridgehead atoms. The minimum absolute atomic E-state index is 0.00644. The first-order valence-electron chi connectivity index (χ1n) is 13.1. The van der Waals surface area contributed by atoms with E-state index in [0.717, 1.165) is 46.7 Å². The summed E-state index contributed by atoms with van der Waals surface area (Å²) in [6.45, 7) is 2.36. The van der Waals surface area contributed by atoms with Crippen molar-refractivity contribution in [2.45, 2.75) is 38.3 Å². The van der Waals surface area contributed by atoms with Gasteiger partial charge in [-0.05, 0) is 55.2 Å². The van der Waals surface area contributed by atoms with Gasteiger partial charge in [-0.2, -0.15) is 0 Å². The molecule has 202 valence electrons. The van der Waals surface area contributed by atoms with Crippen molar-refractivity contribution in [3.8, 4) is 5.75 Å². The van der Waals surface area contributed by atoms with Crippen LogP contribution in [0.2, 0.25) is 5.02 Å². The second-order valence-electron chi connectivity index (χ2n) is 9.62. The number of primary amides is 1. The third-order valence-electron chi connectivity index (χ3n) is 6.52. The zero-order valence-corrected chi connectivity index (χ0v) is 22.3. The summed E-state index contributed by atoms with van der Waals surface area (Å²) < 4.78 is 5.77. The van der Waals surface area contributed by atoms with Crippen molar-refractivity contribution in [1.29, 1.82) is 0 Å². The summed E-state index contributed by atoms with van der Waals surface area (Å²) in [5.41, 5.74) is 7.56. The second-order valence-corrected chi connectivity index (χ2v) is 10.0. The lowest BCUT2D eigenvalue weighted by Gasteiger charge is -2.12. The zero-order chi connectivity index (χ0) is 27.2. The molecule has 0 atom stereocenters. The van der Waals surface area contributed by atoms with E-state index in [-0.39, 0.29) is 5.91 Å². The van der Waals surface area contributed by atoms with E-state index in [0.29, 0.717) is 60.6 Å². The average Bonchev–Trinajstić information content (AvgIpc) is 3.76. The highest BCUT2D eigenvalue weighted by molar-refractivity contribution is 6.32. The van der Waals surface area contributed by atoms with Gasteiger partial charge in [0.1, 0.15) is 11.6 Å². The van der Waals surface area contributed by atoms with Gasteiger partial charge in [-0.15, -0.1) is 0 Å². The number of carbonyl (C=O) groups excluding carboxylic acids is 2. The Morgan fingerprint density at radius 3 is 2.69 bits per heavy atom. The van der Waals surface area contributed by atoms with Gasteiger partial charge in [-0.3, -0.25) is 14.6 Å². The van der Waals surface area contributed by atoms with Crippen LogP contribution in [0, 0.1) is 0 Å². The number of aromatic nitrogens is 2. The van der Waals surface area contributed by atoms with Gasteiger partial charge in [0.15, 0.2) is 0 Å². The normalized spacial score (nSPS) is 12.9. The van der Waals surface area contributed by atoms with Crippen molar-refractivity contribution in [1.82, 2.24) is 20.6 Å². The first-order valence-corrected chi connectivity index (χ1v) is 13.5.